The molecule has 0 unspecified atom stereocenters. The second kappa shape index (κ2) is 5.19. The molecule has 0 aliphatic carbocycles. The molecule has 21 heavy (non-hydrogen) atoms. The number of nitrogens with zero attached hydrogens (tertiary/aromatic N) is 4. The number of hydrogen-bond acceptors (Lipinski definition) is 6. The Morgan fingerprint density at radius 3 is 2.90 bits per heavy atom. The van der Waals surface area contributed by atoms with Crippen LogP contribution in [0.15, 0.2) is 44.2 Å². The van der Waals surface area contributed by atoms with E-state index < -0.39 is 11.1 Å². The van der Waals surface area contributed by atoms with Gasteiger partial charge in [-0.2, -0.15) is 4.98 Å². The highest BCUT2D eigenvalue weighted by atomic mass is 32.2. The Hall–Kier alpha value is -2.39. The largest absolute Gasteiger partial charge is 0.339 e. The van der Waals surface area contributed by atoms with E-state index in [-0.39, 0.29) is 0 Å². The van der Waals surface area contributed by atoms with Crippen LogP contribution in [0.2, 0.25) is 0 Å². The number of aromatic nitrogens is 5. The van der Waals surface area contributed by atoms with Gasteiger partial charge in [0, 0.05) is 19.8 Å². The molecule has 3 rings (SSSR count). The number of rotatable bonds is 3. The zero-order valence-corrected chi connectivity index (χ0v) is 11.9. The van der Waals surface area contributed by atoms with Crippen molar-refractivity contribution in [1.29, 1.82) is 0 Å². The number of H-pyrrole nitrogens is 1. The third-order valence-electron chi connectivity index (χ3n) is 2.92. The van der Waals surface area contributed by atoms with Gasteiger partial charge in [0.1, 0.15) is 10.7 Å². The summed E-state index contributed by atoms with van der Waals surface area (Å²) < 4.78 is 3.27. The van der Waals surface area contributed by atoms with Crippen molar-refractivity contribution in [2.45, 2.75) is 16.7 Å². The van der Waals surface area contributed by atoms with Crippen molar-refractivity contribution in [2.75, 3.05) is 0 Å². The van der Waals surface area contributed by atoms with Gasteiger partial charge < -0.3 is 10.1 Å². The van der Waals surface area contributed by atoms with Crippen LogP contribution in [0.3, 0.4) is 0 Å². The number of pyridine rings is 1. The quantitative estimate of drug-likeness (QED) is 0.644. The fraction of sp³-hybridized carbons (Fsp3) is 0.167. The maximum Gasteiger partial charge on any atom is 0.339 e. The Balaban J connectivity index is 2.12. The van der Waals surface area contributed by atoms with Gasteiger partial charge in [0.05, 0.1) is 5.69 Å². The molecule has 0 radical (unpaired) electrons. The first-order valence-corrected chi connectivity index (χ1v) is 6.93. The van der Waals surface area contributed by atoms with Crippen molar-refractivity contribution in [3.8, 4) is 0 Å². The fourth-order valence-electron chi connectivity index (χ4n) is 1.93. The second-order valence-corrected chi connectivity index (χ2v) is 5.25. The smallest absolute Gasteiger partial charge is 0.325 e. The third kappa shape index (κ3) is 2.36. The SMILES string of the molecule is Cn1[nH]c(=O)c(=O)nc1Sc1nc2ccccn2c1CN. The molecule has 3 heterocycles. The van der Waals surface area contributed by atoms with E-state index in [1.807, 2.05) is 28.8 Å². The summed E-state index contributed by atoms with van der Waals surface area (Å²) in [6.45, 7) is 0.296. The van der Waals surface area contributed by atoms with Crippen LogP contribution in [-0.4, -0.2) is 24.1 Å². The van der Waals surface area contributed by atoms with E-state index >= 15 is 0 Å². The topological polar surface area (TPSA) is 111 Å². The Bertz CT molecular complexity index is 925. The molecule has 0 fully saturated rings. The number of nitrogens with two attached hydrogens (primary N) is 1. The van der Waals surface area contributed by atoms with Crippen LogP contribution < -0.4 is 16.9 Å². The normalized spacial score (nSPS) is 11.1. The van der Waals surface area contributed by atoms with Gasteiger partial charge in [-0.15, -0.1) is 0 Å². The summed E-state index contributed by atoms with van der Waals surface area (Å²) in [7, 11) is 1.61. The molecular weight excluding hydrogens is 292 g/mol. The number of aromatic amines is 1. The van der Waals surface area contributed by atoms with Gasteiger partial charge in [-0.3, -0.25) is 19.4 Å². The lowest BCUT2D eigenvalue weighted by Gasteiger charge is -2.05. The minimum atomic E-state index is -0.825. The Kier molecular flexibility index (Phi) is 3.35. The molecule has 0 aliphatic rings. The Morgan fingerprint density at radius 1 is 1.33 bits per heavy atom. The van der Waals surface area contributed by atoms with E-state index in [1.54, 1.807) is 7.05 Å². The molecule has 108 valence electrons. The molecular formula is C12H12N6O2S. The summed E-state index contributed by atoms with van der Waals surface area (Å²) >= 11 is 1.18. The van der Waals surface area contributed by atoms with Gasteiger partial charge in [-0.25, -0.2) is 4.98 Å². The van der Waals surface area contributed by atoms with E-state index in [4.69, 9.17) is 5.73 Å². The van der Waals surface area contributed by atoms with Crippen molar-refractivity contribution in [3.63, 3.8) is 0 Å². The lowest BCUT2D eigenvalue weighted by Crippen LogP contribution is -2.33. The second-order valence-electron chi connectivity index (χ2n) is 4.30. The molecule has 0 aromatic carbocycles. The van der Waals surface area contributed by atoms with Gasteiger partial charge in [0.2, 0.25) is 0 Å². The van der Waals surface area contributed by atoms with Crippen LogP contribution in [0.4, 0.5) is 0 Å². The first-order valence-electron chi connectivity index (χ1n) is 6.11. The predicted octanol–water partition coefficient (Wildman–Crippen LogP) is -0.274. The van der Waals surface area contributed by atoms with Crippen LogP contribution in [0.25, 0.3) is 5.65 Å². The summed E-state index contributed by atoms with van der Waals surface area (Å²) in [5.41, 5.74) is 5.78. The van der Waals surface area contributed by atoms with Crippen molar-refractivity contribution in [3.05, 3.63) is 50.8 Å². The molecule has 0 bridgehead atoms. The molecule has 0 atom stereocenters. The van der Waals surface area contributed by atoms with Gasteiger partial charge in [-0.1, -0.05) is 6.07 Å². The van der Waals surface area contributed by atoms with E-state index in [1.165, 1.54) is 16.4 Å². The fourth-order valence-corrected chi connectivity index (χ4v) is 2.85. The van der Waals surface area contributed by atoms with Crippen molar-refractivity contribution < 1.29 is 0 Å². The molecule has 8 nitrogen and oxygen atoms in total. The summed E-state index contributed by atoms with van der Waals surface area (Å²) in [5, 5.41) is 3.39. The van der Waals surface area contributed by atoms with Crippen LogP contribution in [0.1, 0.15) is 5.69 Å². The van der Waals surface area contributed by atoms with Crippen molar-refractivity contribution >= 4 is 17.4 Å². The summed E-state index contributed by atoms with van der Waals surface area (Å²) in [6.07, 6.45) is 1.87. The first-order chi connectivity index (χ1) is 10.1. The van der Waals surface area contributed by atoms with Crippen LogP contribution in [0.5, 0.6) is 0 Å². The average molecular weight is 304 g/mol. The third-order valence-corrected chi connectivity index (χ3v) is 3.99. The molecule has 3 aromatic heterocycles. The highest BCUT2D eigenvalue weighted by Crippen LogP contribution is 2.27. The zero-order valence-electron chi connectivity index (χ0n) is 11.1. The molecule has 0 saturated carbocycles. The van der Waals surface area contributed by atoms with Crippen LogP contribution in [0, 0.1) is 0 Å². The van der Waals surface area contributed by atoms with Gasteiger partial charge in [-0.05, 0) is 23.9 Å². The molecule has 0 spiro atoms. The number of fused-ring (bicyclic) bond motifs is 1. The lowest BCUT2D eigenvalue weighted by molar-refractivity contribution is 0.596. The van der Waals surface area contributed by atoms with E-state index in [2.05, 4.69) is 15.1 Å². The highest BCUT2D eigenvalue weighted by Gasteiger charge is 2.14. The minimum absolute atomic E-state index is 0.296. The van der Waals surface area contributed by atoms with Crippen LogP contribution >= 0.6 is 11.8 Å². The lowest BCUT2D eigenvalue weighted by atomic mass is 10.4. The maximum absolute atomic E-state index is 11.4. The number of imidazole rings is 1. The number of nitrogens with one attached hydrogen (secondary N) is 1. The van der Waals surface area contributed by atoms with Gasteiger partial charge >= 0.3 is 11.1 Å². The van der Waals surface area contributed by atoms with Crippen LogP contribution in [-0.2, 0) is 13.6 Å². The van der Waals surface area contributed by atoms with Crippen molar-refractivity contribution in [1.82, 2.24) is 24.1 Å². The predicted molar refractivity (Wildman–Crippen MR) is 77.3 cm³/mol. The maximum atomic E-state index is 11.4. The molecule has 0 saturated heterocycles. The first kappa shape index (κ1) is 13.6. The molecule has 3 N–H and O–H groups in total. The Morgan fingerprint density at radius 2 is 2.14 bits per heavy atom. The molecule has 0 aliphatic heterocycles. The number of hydrogen-bond donors (Lipinski definition) is 2. The zero-order chi connectivity index (χ0) is 15.0. The van der Waals surface area contributed by atoms with E-state index in [0.29, 0.717) is 16.7 Å². The number of aryl methyl sites for hydroxylation is 1. The van der Waals surface area contributed by atoms with E-state index in [9.17, 15) is 9.59 Å². The standard InChI is InChI=1S/C12H12N6O2S/c1-17-12(15-9(19)10(20)16-17)21-11-7(6-13)18-5-3-2-4-8(18)14-11/h2-5H,6,13H2,1H3,(H,16,20). The summed E-state index contributed by atoms with van der Waals surface area (Å²) in [5.74, 6) is 0. The van der Waals surface area contributed by atoms with E-state index in [0.717, 1.165) is 11.3 Å². The Labute approximate surface area is 122 Å². The minimum Gasteiger partial charge on any atom is -0.325 e. The summed E-state index contributed by atoms with van der Waals surface area (Å²) in [4.78, 5) is 30.8. The van der Waals surface area contributed by atoms with Gasteiger partial charge in [0.15, 0.2) is 5.16 Å². The van der Waals surface area contributed by atoms with Gasteiger partial charge in [0.25, 0.3) is 0 Å². The monoisotopic (exact) mass is 304 g/mol. The molecule has 9 heteroatoms. The molecule has 0 amide bonds. The average Bonchev–Trinajstić information content (AvgIpc) is 2.81. The highest BCUT2D eigenvalue weighted by molar-refractivity contribution is 7.99. The molecule has 3 aromatic rings. The summed E-state index contributed by atoms with van der Waals surface area (Å²) in [6, 6.07) is 5.63. The van der Waals surface area contributed by atoms with Crippen molar-refractivity contribution in [2.24, 2.45) is 12.8 Å².